The number of unbranched alkanes of at least 4 members (excludes halogenated alkanes) is 2. The van der Waals surface area contributed by atoms with Gasteiger partial charge in [-0.3, -0.25) is 0 Å². The highest BCUT2D eigenvalue weighted by atomic mass is 32.2. The second-order valence-electron chi connectivity index (χ2n) is 2.52. The van der Waals surface area contributed by atoms with Crippen LogP contribution in [0.4, 0.5) is 0 Å². The first-order valence-corrected chi connectivity index (χ1v) is 5.01. The standard InChI is InChI=1S/C8H15OS/c1-2-3-4-5-8-9-6-7-10-8/h8H,1-7H2. The first-order chi connectivity index (χ1) is 4.93. The van der Waals surface area contributed by atoms with Crippen LogP contribution in [-0.4, -0.2) is 17.8 Å². The van der Waals surface area contributed by atoms with Crippen molar-refractivity contribution in [2.24, 2.45) is 0 Å². The summed E-state index contributed by atoms with van der Waals surface area (Å²) in [6, 6.07) is 0. The van der Waals surface area contributed by atoms with Gasteiger partial charge in [0.1, 0.15) is 5.44 Å². The van der Waals surface area contributed by atoms with Gasteiger partial charge in [-0.25, -0.2) is 0 Å². The molecule has 0 saturated carbocycles. The molecule has 0 aromatic rings. The Balaban J connectivity index is 1.91. The lowest BCUT2D eigenvalue weighted by atomic mass is 10.2. The largest absolute Gasteiger partial charge is 0.367 e. The fraction of sp³-hybridized carbons (Fsp3) is 0.875. The van der Waals surface area contributed by atoms with Gasteiger partial charge in [0.2, 0.25) is 0 Å². The van der Waals surface area contributed by atoms with E-state index in [0.29, 0.717) is 5.44 Å². The first kappa shape index (κ1) is 8.41. The van der Waals surface area contributed by atoms with E-state index in [9.17, 15) is 0 Å². The third-order valence-electron chi connectivity index (χ3n) is 1.63. The first-order valence-electron chi connectivity index (χ1n) is 3.96. The summed E-state index contributed by atoms with van der Waals surface area (Å²) in [4.78, 5) is 0. The molecule has 0 N–H and O–H groups in total. The highest BCUT2D eigenvalue weighted by Crippen LogP contribution is 2.24. The molecule has 0 amide bonds. The molecule has 1 rings (SSSR count). The number of hydrogen-bond acceptors (Lipinski definition) is 2. The Morgan fingerprint density at radius 2 is 2.40 bits per heavy atom. The molecule has 0 spiro atoms. The SMILES string of the molecule is [CH2]CCCCC1OCCS1. The third kappa shape index (κ3) is 2.93. The predicted octanol–water partition coefficient (Wildman–Crippen LogP) is 2.47. The molecule has 1 saturated heterocycles. The minimum absolute atomic E-state index is 0.506. The summed E-state index contributed by atoms with van der Waals surface area (Å²) in [5.41, 5.74) is 0.506. The van der Waals surface area contributed by atoms with E-state index in [0.717, 1.165) is 13.0 Å². The van der Waals surface area contributed by atoms with Gasteiger partial charge < -0.3 is 4.74 Å². The van der Waals surface area contributed by atoms with E-state index in [2.05, 4.69) is 6.92 Å². The van der Waals surface area contributed by atoms with Gasteiger partial charge in [-0.1, -0.05) is 19.8 Å². The quantitative estimate of drug-likeness (QED) is 0.583. The minimum Gasteiger partial charge on any atom is -0.367 e. The van der Waals surface area contributed by atoms with Crippen molar-refractivity contribution >= 4 is 11.8 Å². The molecule has 0 aromatic heterocycles. The molecule has 1 nitrogen and oxygen atoms in total. The van der Waals surface area contributed by atoms with Crippen LogP contribution in [-0.2, 0) is 4.74 Å². The van der Waals surface area contributed by atoms with Crippen molar-refractivity contribution in [3.63, 3.8) is 0 Å². The van der Waals surface area contributed by atoms with Gasteiger partial charge in [-0.15, -0.1) is 11.8 Å². The summed E-state index contributed by atoms with van der Waals surface area (Å²) < 4.78 is 5.44. The topological polar surface area (TPSA) is 9.23 Å². The molecule has 2 heteroatoms. The zero-order valence-corrected chi connectivity index (χ0v) is 7.16. The normalized spacial score (nSPS) is 25.5. The zero-order chi connectivity index (χ0) is 7.23. The Morgan fingerprint density at radius 3 is 3.00 bits per heavy atom. The van der Waals surface area contributed by atoms with Crippen LogP contribution in [0.1, 0.15) is 25.7 Å². The number of hydrogen-bond donors (Lipinski definition) is 0. The van der Waals surface area contributed by atoms with Gasteiger partial charge in [0.15, 0.2) is 0 Å². The molecule has 0 aliphatic carbocycles. The van der Waals surface area contributed by atoms with Crippen LogP contribution in [0.15, 0.2) is 0 Å². The summed E-state index contributed by atoms with van der Waals surface area (Å²) >= 11 is 1.95. The molecule has 1 unspecified atom stereocenters. The lowest BCUT2D eigenvalue weighted by Gasteiger charge is -2.06. The highest BCUT2D eigenvalue weighted by molar-refractivity contribution is 7.99. The maximum Gasteiger partial charge on any atom is 0.103 e. The Kier molecular flexibility index (Phi) is 4.23. The maximum atomic E-state index is 5.44. The Bertz CT molecular complexity index is 79.3. The summed E-state index contributed by atoms with van der Waals surface area (Å²) in [6.07, 6.45) is 4.82. The number of ether oxygens (including phenoxy) is 1. The van der Waals surface area contributed by atoms with E-state index in [1.54, 1.807) is 0 Å². The van der Waals surface area contributed by atoms with Gasteiger partial charge >= 0.3 is 0 Å². The van der Waals surface area contributed by atoms with E-state index >= 15 is 0 Å². The highest BCUT2D eigenvalue weighted by Gasteiger charge is 2.14. The van der Waals surface area contributed by atoms with Gasteiger partial charge in [-0.2, -0.15) is 0 Å². The second-order valence-corrected chi connectivity index (χ2v) is 3.79. The van der Waals surface area contributed by atoms with Gasteiger partial charge in [0.25, 0.3) is 0 Å². The van der Waals surface area contributed by atoms with Crippen molar-refractivity contribution < 1.29 is 4.74 Å². The second kappa shape index (κ2) is 5.03. The molecule has 1 fully saturated rings. The molecular formula is C8H15OS. The minimum atomic E-state index is 0.506. The van der Waals surface area contributed by atoms with Crippen LogP contribution in [0.25, 0.3) is 0 Å². The molecule has 1 radical (unpaired) electrons. The fourth-order valence-electron chi connectivity index (χ4n) is 1.06. The van der Waals surface area contributed by atoms with Crippen molar-refractivity contribution in [1.29, 1.82) is 0 Å². The van der Waals surface area contributed by atoms with Crippen molar-refractivity contribution in [3.8, 4) is 0 Å². The van der Waals surface area contributed by atoms with E-state index in [1.807, 2.05) is 11.8 Å². The van der Waals surface area contributed by atoms with Crippen molar-refractivity contribution in [3.05, 3.63) is 6.92 Å². The van der Waals surface area contributed by atoms with E-state index in [-0.39, 0.29) is 0 Å². The van der Waals surface area contributed by atoms with E-state index < -0.39 is 0 Å². The van der Waals surface area contributed by atoms with Gasteiger partial charge in [-0.05, 0) is 12.8 Å². The van der Waals surface area contributed by atoms with Crippen LogP contribution >= 0.6 is 11.8 Å². The Hall–Kier alpha value is 0.310. The van der Waals surface area contributed by atoms with Crippen LogP contribution in [0, 0.1) is 6.92 Å². The maximum absolute atomic E-state index is 5.44. The summed E-state index contributed by atoms with van der Waals surface area (Å²) in [5.74, 6) is 1.19. The van der Waals surface area contributed by atoms with Crippen LogP contribution in [0.5, 0.6) is 0 Å². The molecule has 1 aliphatic heterocycles. The molecule has 59 valence electrons. The summed E-state index contributed by atoms with van der Waals surface area (Å²) in [6.45, 7) is 4.76. The Labute approximate surface area is 67.5 Å². The molecule has 1 atom stereocenters. The molecule has 0 aromatic carbocycles. The zero-order valence-electron chi connectivity index (χ0n) is 6.34. The molecule has 10 heavy (non-hydrogen) atoms. The average Bonchev–Trinajstić information content (AvgIpc) is 2.41. The number of thioether (sulfide) groups is 1. The van der Waals surface area contributed by atoms with Gasteiger partial charge in [0.05, 0.1) is 6.61 Å². The lowest BCUT2D eigenvalue weighted by Crippen LogP contribution is -1.99. The van der Waals surface area contributed by atoms with Crippen molar-refractivity contribution in [2.45, 2.75) is 31.1 Å². The van der Waals surface area contributed by atoms with Crippen LogP contribution in [0.3, 0.4) is 0 Å². The summed E-state index contributed by atoms with van der Waals surface area (Å²) in [5, 5.41) is 0. The van der Waals surface area contributed by atoms with E-state index in [1.165, 1.54) is 25.0 Å². The van der Waals surface area contributed by atoms with Crippen LogP contribution < -0.4 is 0 Å². The third-order valence-corrected chi connectivity index (χ3v) is 2.78. The molecule has 0 bridgehead atoms. The monoisotopic (exact) mass is 159 g/mol. The lowest BCUT2D eigenvalue weighted by molar-refractivity contribution is 0.135. The fourth-order valence-corrected chi connectivity index (χ4v) is 2.04. The molecule has 1 aliphatic rings. The van der Waals surface area contributed by atoms with Crippen molar-refractivity contribution in [1.82, 2.24) is 0 Å². The van der Waals surface area contributed by atoms with Crippen LogP contribution in [0.2, 0.25) is 0 Å². The van der Waals surface area contributed by atoms with Crippen molar-refractivity contribution in [2.75, 3.05) is 12.4 Å². The smallest absolute Gasteiger partial charge is 0.103 e. The summed E-state index contributed by atoms with van der Waals surface area (Å²) in [7, 11) is 0. The van der Waals surface area contributed by atoms with E-state index in [4.69, 9.17) is 4.74 Å². The molecular weight excluding hydrogens is 144 g/mol. The predicted molar refractivity (Wildman–Crippen MR) is 46.0 cm³/mol. The number of rotatable bonds is 4. The van der Waals surface area contributed by atoms with Gasteiger partial charge in [0, 0.05) is 5.75 Å². The average molecular weight is 159 g/mol. The Morgan fingerprint density at radius 1 is 1.50 bits per heavy atom. The molecule has 1 heterocycles.